The van der Waals surface area contributed by atoms with Gasteiger partial charge in [0.25, 0.3) is 0 Å². The molecule has 2 aromatic heterocycles. The molecule has 27 heavy (non-hydrogen) atoms. The lowest BCUT2D eigenvalue weighted by molar-refractivity contribution is 0.0387. The topological polar surface area (TPSA) is 41.3 Å². The summed E-state index contributed by atoms with van der Waals surface area (Å²) in [4.78, 5) is 6.53. The molecule has 2 unspecified atom stereocenters. The molecule has 4 heteroatoms. The molecule has 2 atom stereocenters. The Morgan fingerprint density at radius 1 is 1.22 bits per heavy atom. The van der Waals surface area contributed by atoms with Gasteiger partial charge in [-0.15, -0.1) is 0 Å². The van der Waals surface area contributed by atoms with Crippen molar-refractivity contribution in [1.29, 1.82) is 0 Å². The number of hydrogen-bond donors (Lipinski definition) is 1. The lowest BCUT2D eigenvalue weighted by Crippen LogP contribution is -2.31. The van der Waals surface area contributed by atoms with Crippen molar-refractivity contribution in [3.8, 4) is 0 Å². The Kier molecular flexibility index (Phi) is 4.57. The Hall–Kier alpha value is -2.17. The number of rotatable bonds is 3. The fourth-order valence-corrected chi connectivity index (χ4v) is 4.35. The molecule has 1 aromatic carbocycles. The van der Waals surface area contributed by atoms with Crippen LogP contribution in [-0.2, 0) is 25.0 Å². The lowest BCUT2D eigenvalue weighted by Gasteiger charge is -2.26. The molecular weight excluding hydrogens is 334 g/mol. The monoisotopic (exact) mass is 363 g/mol. The van der Waals surface area contributed by atoms with Gasteiger partial charge in [-0.2, -0.15) is 0 Å². The molecule has 4 rings (SSSR count). The number of nitrogens with zero attached hydrogens (tertiary/aromatic N) is 3. The van der Waals surface area contributed by atoms with E-state index >= 15 is 0 Å². The van der Waals surface area contributed by atoms with Gasteiger partial charge in [-0.3, -0.25) is 4.98 Å². The van der Waals surface area contributed by atoms with Gasteiger partial charge < -0.3 is 14.6 Å². The van der Waals surface area contributed by atoms with Crippen LogP contribution in [0.4, 0.5) is 0 Å². The van der Waals surface area contributed by atoms with Crippen molar-refractivity contribution in [1.82, 2.24) is 14.5 Å². The molecule has 1 aliphatic rings. The van der Waals surface area contributed by atoms with Crippen molar-refractivity contribution in [2.24, 2.45) is 0 Å². The second-order valence-electron chi connectivity index (χ2n) is 8.33. The first-order chi connectivity index (χ1) is 12.9. The van der Waals surface area contributed by atoms with E-state index in [0.29, 0.717) is 12.6 Å². The zero-order valence-corrected chi connectivity index (χ0v) is 16.7. The second-order valence-corrected chi connectivity index (χ2v) is 8.33. The Bertz CT molecular complexity index is 959. The number of hydrogen-bond acceptors (Lipinski definition) is 3. The minimum Gasteiger partial charge on any atom is -0.384 e. The first-order valence-corrected chi connectivity index (χ1v) is 9.80. The lowest BCUT2D eigenvalue weighted by atomic mass is 9.97. The predicted molar refractivity (Wildman–Crippen MR) is 110 cm³/mol. The number of benzene rings is 1. The number of aromatic nitrogens is 2. The van der Waals surface area contributed by atoms with Crippen LogP contribution in [0.25, 0.3) is 10.9 Å². The normalized spacial score (nSPS) is 20.3. The van der Waals surface area contributed by atoms with E-state index in [1.165, 1.54) is 27.7 Å². The van der Waals surface area contributed by atoms with E-state index in [1.807, 2.05) is 19.1 Å². The van der Waals surface area contributed by atoms with Crippen molar-refractivity contribution in [3.05, 3.63) is 65.1 Å². The van der Waals surface area contributed by atoms with Crippen LogP contribution in [0.2, 0.25) is 0 Å². The molecule has 0 spiro atoms. The zero-order valence-electron chi connectivity index (χ0n) is 16.7. The molecule has 1 N–H and O–H groups in total. The molecule has 0 radical (unpaired) electrons. The Balaban J connectivity index is 1.86. The van der Waals surface area contributed by atoms with Crippen molar-refractivity contribution < 1.29 is 5.11 Å². The van der Waals surface area contributed by atoms with Crippen molar-refractivity contribution in [3.63, 3.8) is 0 Å². The van der Waals surface area contributed by atoms with Gasteiger partial charge in [-0.05, 0) is 69.6 Å². The maximum Gasteiger partial charge on any atom is 0.105 e. The van der Waals surface area contributed by atoms with Crippen molar-refractivity contribution in [2.45, 2.75) is 51.8 Å². The standard InChI is InChI=1S/C23H29N3O/c1-16-5-6-21-19(13-16)20-14-17(2)25(4)12-9-22(20)26(21)15-23(3,27)18-7-10-24-11-8-18/h5-8,10-11,13,17,27H,9,12,14-15H2,1-4H3. The van der Waals surface area contributed by atoms with Gasteiger partial charge in [-0.25, -0.2) is 0 Å². The fourth-order valence-electron chi connectivity index (χ4n) is 4.35. The number of likely N-dealkylation sites (N-methyl/N-ethyl adjacent to an activating group) is 1. The summed E-state index contributed by atoms with van der Waals surface area (Å²) in [7, 11) is 2.21. The van der Waals surface area contributed by atoms with Crippen LogP contribution in [0, 0.1) is 6.92 Å². The van der Waals surface area contributed by atoms with Crippen LogP contribution in [0.15, 0.2) is 42.7 Å². The third-order valence-corrected chi connectivity index (χ3v) is 6.16. The first kappa shape index (κ1) is 18.2. The first-order valence-electron chi connectivity index (χ1n) is 9.80. The van der Waals surface area contributed by atoms with E-state index in [4.69, 9.17) is 0 Å². The van der Waals surface area contributed by atoms with Gasteiger partial charge in [0.1, 0.15) is 5.60 Å². The van der Waals surface area contributed by atoms with Gasteiger partial charge in [0.2, 0.25) is 0 Å². The van der Waals surface area contributed by atoms with E-state index in [-0.39, 0.29) is 0 Å². The van der Waals surface area contributed by atoms with Crippen LogP contribution in [0.3, 0.4) is 0 Å². The van der Waals surface area contributed by atoms with Crippen LogP contribution < -0.4 is 0 Å². The summed E-state index contributed by atoms with van der Waals surface area (Å²) < 4.78 is 2.36. The molecule has 0 aliphatic carbocycles. The highest BCUT2D eigenvalue weighted by molar-refractivity contribution is 5.86. The Labute approximate surface area is 161 Å². The van der Waals surface area contributed by atoms with Gasteiger partial charge in [-0.1, -0.05) is 11.6 Å². The zero-order chi connectivity index (χ0) is 19.2. The summed E-state index contributed by atoms with van der Waals surface area (Å²) in [6, 6.07) is 11.0. The molecular formula is C23H29N3O. The highest BCUT2D eigenvalue weighted by atomic mass is 16.3. The minimum absolute atomic E-state index is 0.520. The average Bonchev–Trinajstić information content (AvgIpc) is 2.82. The number of aliphatic hydroxyl groups is 1. The van der Waals surface area contributed by atoms with E-state index < -0.39 is 5.60 Å². The molecule has 0 fully saturated rings. The van der Waals surface area contributed by atoms with Crippen LogP contribution in [0.5, 0.6) is 0 Å². The van der Waals surface area contributed by atoms with E-state index in [0.717, 1.165) is 24.9 Å². The Morgan fingerprint density at radius 2 is 1.96 bits per heavy atom. The van der Waals surface area contributed by atoms with Crippen LogP contribution in [-0.4, -0.2) is 39.2 Å². The fraction of sp³-hybridized carbons (Fsp3) is 0.435. The van der Waals surface area contributed by atoms with E-state index in [9.17, 15) is 5.11 Å². The van der Waals surface area contributed by atoms with Gasteiger partial charge in [0.05, 0.1) is 6.54 Å². The van der Waals surface area contributed by atoms with Gasteiger partial charge in [0.15, 0.2) is 0 Å². The average molecular weight is 364 g/mol. The SMILES string of the molecule is Cc1ccc2c(c1)c1c(n2CC(C)(O)c2ccncc2)CCN(C)C(C)C1. The van der Waals surface area contributed by atoms with Crippen LogP contribution >= 0.6 is 0 Å². The summed E-state index contributed by atoms with van der Waals surface area (Å²) in [5, 5.41) is 12.6. The van der Waals surface area contributed by atoms with Gasteiger partial charge >= 0.3 is 0 Å². The molecule has 0 bridgehead atoms. The maximum atomic E-state index is 11.3. The molecule has 3 heterocycles. The number of fused-ring (bicyclic) bond motifs is 3. The van der Waals surface area contributed by atoms with Crippen molar-refractivity contribution >= 4 is 10.9 Å². The summed E-state index contributed by atoms with van der Waals surface area (Å²) in [5.41, 5.74) is 5.30. The Morgan fingerprint density at radius 3 is 2.70 bits per heavy atom. The molecule has 0 saturated heterocycles. The maximum absolute atomic E-state index is 11.3. The highest BCUT2D eigenvalue weighted by Gasteiger charge is 2.29. The van der Waals surface area contributed by atoms with E-state index in [1.54, 1.807) is 12.4 Å². The largest absolute Gasteiger partial charge is 0.384 e. The quantitative estimate of drug-likeness (QED) is 0.772. The molecule has 0 amide bonds. The van der Waals surface area contributed by atoms with Crippen molar-refractivity contribution in [2.75, 3.05) is 13.6 Å². The summed E-state index contributed by atoms with van der Waals surface area (Å²) in [6.07, 6.45) is 5.56. The number of aryl methyl sites for hydroxylation is 1. The third-order valence-electron chi connectivity index (χ3n) is 6.16. The van der Waals surface area contributed by atoms with Gasteiger partial charge in [0, 0.05) is 48.0 Å². The van der Waals surface area contributed by atoms with Crippen LogP contribution in [0.1, 0.15) is 36.2 Å². The summed E-state index contributed by atoms with van der Waals surface area (Å²) >= 11 is 0. The molecule has 3 aromatic rings. The molecule has 4 nitrogen and oxygen atoms in total. The summed E-state index contributed by atoms with van der Waals surface area (Å²) in [6.45, 7) is 7.95. The molecule has 1 aliphatic heterocycles. The predicted octanol–water partition coefficient (Wildman–Crippen LogP) is 3.67. The second kappa shape index (κ2) is 6.77. The summed E-state index contributed by atoms with van der Waals surface area (Å²) in [5.74, 6) is 0. The minimum atomic E-state index is -0.947. The van der Waals surface area contributed by atoms with E-state index in [2.05, 4.69) is 53.5 Å². The highest BCUT2D eigenvalue weighted by Crippen LogP contribution is 2.34. The third kappa shape index (κ3) is 3.28. The smallest absolute Gasteiger partial charge is 0.105 e. The number of pyridine rings is 1. The molecule has 142 valence electrons. The molecule has 0 saturated carbocycles.